The molecule has 1 aromatic heterocycles. The van der Waals surface area contributed by atoms with Gasteiger partial charge in [0.25, 0.3) is 11.5 Å². The predicted molar refractivity (Wildman–Crippen MR) is 136 cm³/mol. The lowest BCUT2D eigenvalue weighted by molar-refractivity contribution is -0.152. The van der Waals surface area contributed by atoms with E-state index in [2.05, 4.69) is 0 Å². The molecule has 3 aliphatic carbocycles. The molecule has 0 unspecified atom stereocenters. The maximum Gasteiger partial charge on any atom is 0.334 e. The van der Waals surface area contributed by atoms with Crippen LogP contribution in [0.15, 0.2) is 9.59 Å². The minimum absolute atomic E-state index is 0.124. The quantitative estimate of drug-likeness (QED) is 0.281. The molecule has 2 saturated heterocycles. The molecule has 5 fully saturated rings. The van der Waals surface area contributed by atoms with Gasteiger partial charge < -0.3 is 20.5 Å². The summed E-state index contributed by atoms with van der Waals surface area (Å²) in [6.07, 6.45) is 6.71. The number of urea groups is 1. The highest BCUT2D eigenvalue weighted by molar-refractivity contribution is 6.07. The first-order chi connectivity index (χ1) is 18.1. The number of imide groups is 1. The Morgan fingerprint density at radius 2 is 1.71 bits per heavy atom. The number of amidine groups is 1. The van der Waals surface area contributed by atoms with Gasteiger partial charge in [-0.1, -0.05) is 6.42 Å². The number of nitrogens with two attached hydrogens (primary N) is 1. The molecule has 2 spiro atoms. The molecule has 3 saturated carbocycles. The zero-order valence-electron chi connectivity index (χ0n) is 21.8. The molecule has 6 rings (SSSR count). The number of carbonyl (C=O) groups is 2. The molecule has 0 bridgehead atoms. The van der Waals surface area contributed by atoms with Crippen molar-refractivity contribution < 1.29 is 19.4 Å². The number of aromatic nitrogens is 2. The van der Waals surface area contributed by atoms with Crippen LogP contribution in [0.3, 0.4) is 0 Å². The number of ether oxygens (including phenoxy) is 1. The maximum absolute atomic E-state index is 13.5. The highest BCUT2D eigenvalue weighted by Gasteiger charge is 2.68. The summed E-state index contributed by atoms with van der Waals surface area (Å²) < 4.78 is 7.68. The lowest BCUT2D eigenvalue weighted by Gasteiger charge is -2.58. The van der Waals surface area contributed by atoms with Gasteiger partial charge in [-0.25, -0.2) is 9.59 Å². The fourth-order valence-electron chi connectivity index (χ4n) is 7.45. The van der Waals surface area contributed by atoms with E-state index in [1.807, 2.05) is 0 Å². The zero-order valence-corrected chi connectivity index (χ0v) is 21.8. The Balaban J connectivity index is 1.23. The van der Waals surface area contributed by atoms with Crippen molar-refractivity contribution in [3.05, 3.63) is 26.4 Å². The van der Waals surface area contributed by atoms with Crippen molar-refractivity contribution in [2.45, 2.75) is 75.9 Å². The van der Waals surface area contributed by atoms with Crippen LogP contribution in [0, 0.1) is 22.7 Å². The average Bonchev–Trinajstić information content (AvgIpc) is 2.96. The lowest BCUT2D eigenvalue weighted by atomic mass is 9.51. The number of amides is 3. The van der Waals surface area contributed by atoms with Crippen molar-refractivity contribution in [1.29, 1.82) is 5.41 Å². The minimum atomic E-state index is -0.805. The van der Waals surface area contributed by atoms with E-state index in [1.54, 1.807) is 11.9 Å². The molecule has 3 heterocycles. The van der Waals surface area contributed by atoms with Gasteiger partial charge in [0.2, 0.25) is 5.88 Å². The van der Waals surface area contributed by atoms with Crippen LogP contribution >= 0.6 is 0 Å². The molecule has 38 heavy (non-hydrogen) atoms. The Morgan fingerprint density at radius 1 is 1.05 bits per heavy atom. The number of likely N-dealkylation sites (N-methyl/N-ethyl adjacent to an activating group) is 1. The van der Waals surface area contributed by atoms with Crippen LogP contribution in [0.5, 0.6) is 5.88 Å². The standard InChI is InChI=1S/C26H36N6O6/c1-29-22(35)26(31(23(29)36)10-16-11-38-12-16)13-25(14-26)7-5-17(6-8-25)32-21(34)18(19(27)28)20(33)30(24(32)37)9-15-3-2-4-15/h15-17,33H,2-14H2,1H3,(H3,27,28). The monoisotopic (exact) mass is 528 g/mol. The van der Waals surface area contributed by atoms with Crippen molar-refractivity contribution in [3.8, 4) is 5.88 Å². The Labute approximate surface area is 219 Å². The van der Waals surface area contributed by atoms with Gasteiger partial charge in [-0.05, 0) is 62.7 Å². The fraction of sp³-hybridized carbons (Fsp3) is 0.731. The van der Waals surface area contributed by atoms with Crippen molar-refractivity contribution in [2.24, 2.45) is 23.0 Å². The molecule has 0 radical (unpaired) electrons. The normalized spacial score (nSPS) is 31.6. The van der Waals surface area contributed by atoms with Gasteiger partial charge >= 0.3 is 11.7 Å². The molecule has 0 atom stereocenters. The van der Waals surface area contributed by atoms with Crippen LogP contribution in [0.25, 0.3) is 0 Å². The van der Waals surface area contributed by atoms with Crippen molar-refractivity contribution in [2.75, 3.05) is 26.8 Å². The molecule has 206 valence electrons. The third kappa shape index (κ3) is 3.55. The van der Waals surface area contributed by atoms with Gasteiger partial charge in [0.15, 0.2) is 0 Å². The van der Waals surface area contributed by atoms with E-state index in [0.717, 1.165) is 32.1 Å². The molecule has 1 aromatic rings. The van der Waals surface area contributed by atoms with E-state index in [4.69, 9.17) is 15.9 Å². The summed E-state index contributed by atoms with van der Waals surface area (Å²) in [4.78, 5) is 55.8. The second-order valence-electron chi connectivity index (χ2n) is 12.3. The lowest BCUT2D eigenvalue weighted by Crippen LogP contribution is -2.65. The Bertz CT molecular complexity index is 1310. The van der Waals surface area contributed by atoms with Crippen molar-refractivity contribution in [1.82, 2.24) is 18.9 Å². The van der Waals surface area contributed by atoms with Crippen LogP contribution < -0.4 is 17.0 Å². The number of aromatic hydroxyl groups is 1. The summed E-state index contributed by atoms with van der Waals surface area (Å²) >= 11 is 0. The molecular formula is C26H36N6O6. The Morgan fingerprint density at radius 3 is 2.24 bits per heavy atom. The van der Waals surface area contributed by atoms with E-state index in [-0.39, 0.29) is 40.8 Å². The highest BCUT2D eigenvalue weighted by atomic mass is 16.5. The summed E-state index contributed by atoms with van der Waals surface area (Å²) in [6, 6.07) is -0.625. The first-order valence-corrected chi connectivity index (χ1v) is 13.7. The van der Waals surface area contributed by atoms with E-state index in [0.29, 0.717) is 52.0 Å². The Kier molecular flexibility index (Phi) is 5.75. The third-order valence-electron chi connectivity index (χ3n) is 9.88. The minimum Gasteiger partial charge on any atom is -0.494 e. The number of rotatable bonds is 6. The van der Waals surface area contributed by atoms with Crippen LogP contribution in [0.4, 0.5) is 4.79 Å². The number of nitrogens with zero attached hydrogens (tertiary/aromatic N) is 4. The molecule has 12 nitrogen and oxygen atoms in total. The molecule has 0 aromatic carbocycles. The smallest absolute Gasteiger partial charge is 0.334 e. The number of nitrogens with one attached hydrogen (secondary N) is 1. The summed E-state index contributed by atoms with van der Waals surface area (Å²) in [6.45, 7) is 2.03. The first kappa shape index (κ1) is 25.1. The fourth-order valence-corrected chi connectivity index (χ4v) is 7.45. The molecule has 2 aliphatic heterocycles. The summed E-state index contributed by atoms with van der Waals surface area (Å²) in [7, 11) is 1.55. The van der Waals surface area contributed by atoms with Gasteiger partial charge in [0.05, 0.1) is 13.2 Å². The molecule has 3 amide bonds. The second kappa shape index (κ2) is 8.69. The largest absolute Gasteiger partial charge is 0.494 e. The maximum atomic E-state index is 13.5. The molecule has 5 aliphatic rings. The van der Waals surface area contributed by atoms with Crippen molar-refractivity contribution in [3.63, 3.8) is 0 Å². The number of hydrogen-bond donors (Lipinski definition) is 3. The van der Waals surface area contributed by atoms with E-state index in [1.165, 1.54) is 14.0 Å². The predicted octanol–water partition coefficient (Wildman–Crippen LogP) is 0.974. The van der Waals surface area contributed by atoms with Crippen molar-refractivity contribution >= 4 is 17.8 Å². The summed E-state index contributed by atoms with van der Waals surface area (Å²) in [5.41, 5.74) is 3.15. The number of hydrogen-bond acceptors (Lipinski definition) is 7. The van der Waals surface area contributed by atoms with E-state index in [9.17, 15) is 24.3 Å². The molecular weight excluding hydrogens is 492 g/mol. The topological polar surface area (TPSA) is 164 Å². The Hall–Kier alpha value is -3.15. The zero-order chi connectivity index (χ0) is 27.0. The summed E-state index contributed by atoms with van der Waals surface area (Å²) in [5, 5.41) is 18.6. The number of carbonyl (C=O) groups excluding carboxylic acids is 2. The highest BCUT2D eigenvalue weighted by Crippen LogP contribution is 2.62. The van der Waals surface area contributed by atoms with Gasteiger partial charge in [-0.3, -0.25) is 29.0 Å². The number of nitrogen functional groups attached to an aromatic ring is 1. The SMILES string of the molecule is CN1C(=O)N(CC2COC2)C2(CC3(CCC(n4c(=O)c(C(=N)N)c(O)n(CC5CCC5)c4=O)CC3)C2)C1=O. The van der Waals surface area contributed by atoms with Crippen LogP contribution in [0.1, 0.15) is 69.4 Å². The molecule has 4 N–H and O–H groups in total. The molecule has 12 heteroatoms. The van der Waals surface area contributed by atoms with Crippen LogP contribution in [0.2, 0.25) is 0 Å². The van der Waals surface area contributed by atoms with Gasteiger partial charge in [-0.15, -0.1) is 0 Å². The van der Waals surface area contributed by atoms with Crippen LogP contribution in [-0.2, 0) is 16.1 Å². The summed E-state index contributed by atoms with van der Waals surface area (Å²) in [5.74, 6) is -0.711. The van der Waals surface area contributed by atoms with E-state index >= 15 is 0 Å². The van der Waals surface area contributed by atoms with E-state index < -0.39 is 28.5 Å². The van der Waals surface area contributed by atoms with Gasteiger partial charge in [0.1, 0.15) is 16.9 Å². The van der Waals surface area contributed by atoms with Gasteiger partial charge in [-0.2, -0.15) is 0 Å². The second-order valence-corrected chi connectivity index (χ2v) is 12.3. The third-order valence-corrected chi connectivity index (χ3v) is 9.88. The first-order valence-electron chi connectivity index (χ1n) is 13.7. The van der Waals surface area contributed by atoms with Crippen LogP contribution in [-0.4, -0.2) is 74.2 Å². The average molecular weight is 529 g/mol. The van der Waals surface area contributed by atoms with Gasteiger partial charge in [0, 0.05) is 32.1 Å².